The molecule has 0 heterocycles. The number of benzene rings is 3. The largest absolute Gasteiger partial charge is 0.425 e. The third kappa shape index (κ3) is 2.79. The Bertz CT molecular complexity index is 831. The van der Waals surface area contributed by atoms with Gasteiger partial charge in [0.25, 0.3) is 0 Å². The van der Waals surface area contributed by atoms with E-state index in [1.807, 2.05) is 30.3 Å². The van der Waals surface area contributed by atoms with Crippen molar-refractivity contribution in [1.29, 1.82) is 0 Å². The van der Waals surface area contributed by atoms with Crippen molar-refractivity contribution in [3.63, 3.8) is 0 Å². The average molecular weight is 343 g/mol. The van der Waals surface area contributed by atoms with E-state index in [2.05, 4.69) is 40.2 Å². The summed E-state index contributed by atoms with van der Waals surface area (Å²) in [5, 5.41) is 4.55. The molecular weight excluding hydrogens is 328 g/mol. The van der Waals surface area contributed by atoms with E-state index in [0.717, 1.165) is 16.2 Å². The van der Waals surface area contributed by atoms with Crippen LogP contribution in [-0.2, 0) is 4.79 Å². The first-order valence-corrected chi connectivity index (χ1v) is 7.57. The molecule has 0 saturated heterocycles. The van der Waals surface area contributed by atoms with Gasteiger partial charge in [0.2, 0.25) is 0 Å². The molecule has 3 aromatic rings. The standard InChI is InChI=1S/C18H15BrO2/c1-18(2,19)17(20)21-14-10-9-13-8-7-12-5-3-4-6-15(12)16(13)11-14/h3-11H,1-2H3. The summed E-state index contributed by atoms with van der Waals surface area (Å²) in [5.74, 6) is 0.262. The van der Waals surface area contributed by atoms with Gasteiger partial charge in [-0.25, -0.2) is 0 Å². The molecular formula is C18H15BrO2. The van der Waals surface area contributed by atoms with Crippen molar-refractivity contribution in [3.05, 3.63) is 54.6 Å². The maximum Gasteiger partial charge on any atom is 0.327 e. The molecule has 3 heteroatoms. The van der Waals surface area contributed by atoms with E-state index in [4.69, 9.17) is 4.74 Å². The number of carbonyl (C=O) groups is 1. The molecule has 0 N–H and O–H groups in total. The summed E-state index contributed by atoms with van der Waals surface area (Å²) in [6.45, 7) is 3.54. The zero-order chi connectivity index (χ0) is 15.0. The first-order chi connectivity index (χ1) is 9.95. The van der Waals surface area contributed by atoms with E-state index in [-0.39, 0.29) is 5.97 Å². The van der Waals surface area contributed by atoms with Crippen molar-refractivity contribution in [1.82, 2.24) is 0 Å². The second-order valence-corrected chi connectivity index (χ2v) is 7.51. The summed E-state index contributed by atoms with van der Waals surface area (Å²) < 4.78 is 4.76. The highest BCUT2D eigenvalue weighted by atomic mass is 79.9. The highest BCUT2D eigenvalue weighted by Crippen LogP contribution is 2.29. The number of esters is 1. The molecule has 0 amide bonds. The molecule has 21 heavy (non-hydrogen) atoms. The number of rotatable bonds is 2. The monoisotopic (exact) mass is 342 g/mol. The van der Waals surface area contributed by atoms with E-state index in [0.29, 0.717) is 5.75 Å². The van der Waals surface area contributed by atoms with Crippen molar-refractivity contribution in [2.45, 2.75) is 18.2 Å². The highest BCUT2D eigenvalue weighted by molar-refractivity contribution is 9.10. The molecule has 106 valence electrons. The summed E-state index contributed by atoms with van der Waals surface area (Å²) in [6.07, 6.45) is 0. The molecule has 3 aromatic carbocycles. The smallest absolute Gasteiger partial charge is 0.327 e. The predicted molar refractivity (Wildman–Crippen MR) is 90.1 cm³/mol. The van der Waals surface area contributed by atoms with Gasteiger partial charge < -0.3 is 4.74 Å². The zero-order valence-corrected chi connectivity index (χ0v) is 13.5. The minimum absolute atomic E-state index is 0.304. The molecule has 0 radical (unpaired) electrons. The zero-order valence-electron chi connectivity index (χ0n) is 11.9. The van der Waals surface area contributed by atoms with Crippen LogP contribution in [0.2, 0.25) is 0 Å². The summed E-state index contributed by atoms with van der Waals surface area (Å²) >= 11 is 3.32. The molecule has 0 aliphatic carbocycles. The Morgan fingerprint density at radius 3 is 2.29 bits per heavy atom. The average Bonchev–Trinajstić information content (AvgIpc) is 2.46. The predicted octanol–water partition coefficient (Wildman–Crippen LogP) is 5.07. The number of ether oxygens (including phenoxy) is 1. The van der Waals surface area contributed by atoms with Gasteiger partial charge in [-0.1, -0.05) is 58.4 Å². The summed E-state index contributed by atoms with van der Waals surface area (Å²) in [6, 6.07) is 18.1. The fourth-order valence-corrected chi connectivity index (χ4v) is 2.35. The van der Waals surface area contributed by atoms with Gasteiger partial charge in [-0.3, -0.25) is 4.79 Å². The quantitative estimate of drug-likeness (QED) is 0.281. The van der Waals surface area contributed by atoms with Crippen molar-refractivity contribution in [2.75, 3.05) is 0 Å². The molecule has 0 saturated carbocycles. The van der Waals surface area contributed by atoms with Crippen LogP contribution >= 0.6 is 15.9 Å². The molecule has 0 atom stereocenters. The highest BCUT2D eigenvalue weighted by Gasteiger charge is 2.26. The lowest BCUT2D eigenvalue weighted by Crippen LogP contribution is -2.29. The van der Waals surface area contributed by atoms with Crippen LogP contribution in [0.4, 0.5) is 0 Å². The first kappa shape index (κ1) is 14.1. The molecule has 0 spiro atoms. The minimum atomic E-state index is -0.694. The van der Waals surface area contributed by atoms with Crippen LogP contribution in [0.5, 0.6) is 5.75 Å². The molecule has 2 nitrogen and oxygen atoms in total. The topological polar surface area (TPSA) is 26.3 Å². The number of alkyl halides is 1. The lowest BCUT2D eigenvalue weighted by molar-refractivity contribution is -0.136. The number of carbonyl (C=O) groups excluding carboxylic acids is 1. The van der Waals surface area contributed by atoms with Gasteiger partial charge in [0.05, 0.1) is 0 Å². The molecule has 3 rings (SSSR count). The molecule has 0 aromatic heterocycles. The van der Waals surface area contributed by atoms with Gasteiger partial charge in [-0.05, 0) is 47.5 Å². The molecule has 0 bridgehead atoms. The number of hydrogen-bond donors (Lipinski definition) is 0. The lowest BCUT2D eigenvalue weighted by Gasteiger charge is -2.15. The van der Waals surface area contributed by atoms with E-state index < -0.39 is 4.32 Å². The number of fused-ring (bicyclic) bond motifs is 3. The number of hydrogen-bond acceptors (Lipinski definition) is 2. The van der Waals surface area contributed by atoms with Gasteiger partial charge in [0, 0.05) is 0 Å². The lowest BCUT2D eigenvalue weighted by atomic mass is 10.0. The fraction of sp³-hybridized carbons (Fsp3) is 0.167. The maximum absolute atomic E-state index is 12.0. The maximum atomic E-state index is 12.0. The first-order valence-electron chi connectivity index (χ1n) is 6.78. The van der Waals surface area contributed by atoms with E-state index >= 15 is 0 Å². The Morgan fingerprint density at radius 2 is 1.57 bits per heavy atom. The van der Waals surface area contributed by atoms with Crippen molar-refractivity contribution in [2.24, 2.45) is 0 Å². The van der Waals surface area contributed by atoms with Crippen LogP contribution < -0.4 is 4.74 Å². The van der Waals surface area contributed by atoms with Crippen LogP contribution in [0.3, 0.4) is 0 Å². The van der Waals surface area contributed by atoms with E-state index in [9.17, 15) is 4.79 Å². The summed E-state index contributed by atoms with van der Waals surface area (Å²) in [5.41, 5.74) is 0. The normalized spacial score (nSPS) is 11.8. The van der Waals surface area contributed by atoms with E-state index in [1.54, 1.807) is 13.8 Å². The van der Waals surface area contributed by atoms with Crippen molar-refractivity contribution in [3.8, 4) is 5.75 Å². The van der Waals surface area contributed by atoms with Crippen LogP contribution in [0, 0.1) is 0 Å². The van der Waals surface area contributed by atoms with Crippen LogP contribution in [0.25, 0.3) is 21.5 Å². The third-order valence-corrected chi connectivity index (χ3v) is 3.74. The van der Waals surface area contributed by atoms with Gasteiger partial charge in [-0.15, -0.1) is 0 Å². The SMILES string of the molecule is CC(C)(Br)C(=O)Oc1ccc2ccc3ccccc3c2c1. The molecule has 0 fully saturated rings. The van der Waals surface area contributed by atoms with Gasteiger partial charge >= 0.3 is 5.97 Å². The Morgan fingerprint density at radius 1 is 0.952 bits per heavy atom. The second-order valence-electron chi connectivity index (χ2n) is 5.53. The van der Waals surface area contributed by atoms with Crippen LogP contribution in [0.1, 0.15) is 13.8 Å². The Kier molecular flexibility index (Phi) is 3.46. The van der Waals surface area contributed by atoms with Gasteiger partial charge in [0.1, 0.15) is 10.1 Å². The van der Waals surface area contributed by atoms with Gasteiger partial charge in [-0.2, -0.15) is 0 Å². The minimum Gasteiger partial charge on any atom is -0.425 e. The van der Waals surface area contributed by atoms with Crippen molar-refractivity contribution < 1.29 is 9.53 Å². The van der Waals surface area contributed by atoms with Gasteiger partial charge in [0.15, 0.2) is 0 Å². The fourth-order valence-electron chi connectivity index (χ4n) is 2.27. The second kappa shape index (κ2) is 5.15. The van der Waals surface area contributed by atoms with Crippen LogP contribution in [-0.4, -0.2) is 10.3 Å². The summed E-state index contributed by atoms with van der Waals surface area (Å²) in [4.78, 5) is 12.0. The Balaban J connectivity index is 2.10. The van der Waals surface area contributed by atoms with E-state index in [1.165, 1.54) is 5.39 Å². The van der Waals surface area contributed by atoms with Crippen LogP contribution in [0.15, 0.2) is 54.6 Å². The molecule has 0 aliphatic heterocycles. The Labute approximate surface area is 131 Å². The molecule has 0 unspecified atom stereocenters. The number of halogens is 1. The third-order valence-electron chi connectivity index (χ3n) is 3.41. The molecule has 0 aliphatic rings. The summed E-state index contributed by atoms with van der Waals surface area (Å²) in [7, 11) is 0. The Hall–Kier alpha value is -1.87. The van der Waals surface area contributed by atoms with Crippen molar-refractivity contribution >= 4 is 43.4 Å².